The lowest BCUT2D eigenvalue weighted by Crippen LogP contribution is -2.46. The summed E-state index contributed by atoms with van der Waals surface area (Å²) in [7, 11) is 0. The monoisotopic (exact) mass is 356 g/mol. The number of ether oxygens (including phenoxy) is 1. The van der Waals surface area contributed by atoms with Gasteiger partial charge in [0, 0.05) is 18.5 Å². The van der Waals surface area contributed by atoms with Crippen molar-refractivity contribution in [1.82, 2.24) is 4.90 Å². The summed E-state index contributed by atoms with van der Waals surface area (Å²) in [5.41, 5.74) is -0.466. The van der Waals surface area contributed by atoms with Gasteiger partial charge in [-0.1, -0.05) is 4.40 Å². The van der Waals surface area contributed by atoms with Gasteiger partial charge in [-0.15, -0.1) is 0 Å². The molecule has 1 atom stereocenters. The fraction of sp³-hybridized carbons (Fsp3) is 0.889. The van der Waals surface area contributed by atoms with E-state index in [4.69, 9.17) is 4.74 Å². The summed E-state index contributed by atoms with van der Waals surface area (Å²) in [6.45, 7) is 12.8. The van der Waals surface area contributed by atoms with Gasteiger partial charge < -0.3 is 14.2 Å². The molecule has 0 aromatic heterocycles. The Labute approximate surface area is 149 Å². The van der Waals surface area contributed by atoms with E-state index in [0.29, 0.717) is 19.0 Å². The molecule has 1 aliphatic heterocycles. The summed E-state index contributed by atoms with van der Waals surface area (Å²) in [5.74, 6) is 0.624. The molecule has 6 heteroatoms. The summed E-state index contributed by atoms with van der Waals surface area (Å²) in [5, 5.41) is 0. The summed E-state index contributed by atoms with van der Waals surface area (Å²) < 4.78 is 21.8. The van der Waals surface area contributed by atoms with E-state index < -0.39 is 17.0 Å². The molecule has 1 unspecified atom stereocenters. The van der Waals surface area contributed by atoms with E-state index in [0.717, 1.165) is 12.8 Å². The Balaban J connectivity index is 2.00. The Morgan fingerprint density at radius 3 is 2.17 bits per heavy atom. The zero-order valence-corrected chi connectivity index (χ0v) is 16.7. The molecule has 0 bridgehead atoms. The summed E-state index contributed by atoms with van der Waals surface area (Å²) in [6, 6.07) is 0. The lowest BCUT2D eigenvalue weighted by Gasteiger charge is -2.40. The van der Waals surface area contributed by atoms with Gasteiger partial charge in [0.15, 0.2) is 0 Å². The van der Waals surface area contributed by atoms with Gasteiger partial charge in [-0.2, -0.15) is 0 Å². The van der Waals surface area contributed by atoms with Crippen LogP contribution in [0.5, 0.6) is 0 Å². The molecule has 1 aliphatic carbocycles. The van der Waals surface area contributed by atoms with Crippen LogP contribution < -0.4 is 0 Å². The molecule has 1 amide bonds. The van der Waals surface area contributed by atoms with E-state index in [-0.39, 0.29) is 16.3 Å². The quantitative estimate of drug-likeness (QED) is 0.568. The largest absolute Gasteiger partial charge is 0.591 e. The Bertz CT molecular complexity index is 481. The molecule has 2 aliphatic rings. The van der Waals surface area contributed by atoms with Gasteiger partial charge in [0.2, 0.25) is 0 Å². The van der Waals surface area contributed by atoms with Crippen LogP contribution in [0.25, 0.3) is 0 Å². The molecule has 0 radical (unpaired) electrons. The second-order valence-corrected chi connectivity index (χ2v) is 11.0. The van der Waals surface area contributed by atoms with Crippen molar-refractivity contribution in [2.45, 2.75) is 77.6 Å². The van der Waals surface area contributed by atoms with Crippen LogP contribution in [0.1, 0.15) is 67.2 Å². The Hall–Kier alpha value is -0.750. The van der Waals surface area contributed by atoms with Crippen LogP contribution in [0.15, 0.2) is 4.40 Å². The first kappa shape index (κ1) is 19.6. The molecule has 1 saturated carbocycles. The Kier molecular flexibility index (Phi) is 5.60. The lowest BCUT2D eigenvalue weighted by atomic mass is 9.75. The highest BCUT2D eigenvalue weighted by atomic mass is 32.2. The van der Waals surface area contributed by atoms with Crippen LogP contribution in [-0.4, -0.2) is 45.2 Å². The number of hydrogen-bond donors (Lipinski definition) is 0. The molecule has 1 heterocycles. The third kappa shape index (κ3) is 5.12. The van der Waals surface area contributed by atoms with Crippen LogP contribution in [0.3, 0.4) is 0 Å². The van der Waals surface area contributed by atoms with Gasteiger partial charge in [-0.05, 0) is 73.1 Å². The molecule has 0 spiro atoms. The van der Waals surface area contributed by atoms with Crippen LogP contribution >= 0.6 is 0 Å². The molecule has 0 aromatic rings. The van der Waals surface area contributed by atoms with Crippen molar-refractivity contribution in [3.05, 3.63) is 0 Å². The van der Waals surface area contributed by atoms with Crippen molar-refractivity contribution >= 4 is 23.7 Å². The van der Waals surface area contributed by atoms with Crippen molar-refractivity contribution in [1.29, 1.82) is 0 Å². The number of piperidine rings is 1. The topological polar surface area (TPSA) is 65.0 Å². The normalized spacial score (nSPS) is 23.4. The summed E-state index contributed by atoms with van der Waals surface area (Å²) >= 11 is -1.22. The lowest BCUT2D eigenvalue weighted by molar-refractivity contribution is 0.0145. The first-order valence-corrected chi connectivity index (χ1v) is 9.99. The minimum Gasteiger partial charge on any atom is -0.591 e. The Morgan fingerprint density at radius 2 is 1.75 bits per heavy atom. The third-order valence-corrected chi connectivity index (χ3v) is 6.01. The molecule has 0 N–H and O–H groups in total. The highest BCUT2D eigenvalue weighted by Gasteiger charge is 2.47. The average Bonchev–Trinajstić information content (AvgIpc) is 3.27. The minimum absolute atomic E-state index is 0.000573. The SMILES string of the molecule is CC(C)(C)OC(=O)N1CCC(/C=N/[S+]([O-])C(C)(C)C)(C2CC2)CC1. The summed E-state index contributed by atoms with van der Waals surface area (Å²) in [6.07, 6.45) is 5.89. The van der Waals surface area contributed by atoms with E-state index in [1.54, 1.807) is 4.90 Å². The molecule has 5 nitrogen and oxygen atoms in total. The second-order valence-electron chi connectivity index (χ2n) is 9.07. The number of carbonyl (C=O) groups is 1. The van der Waals surface area contributed by atoms with Crippen molar-refractivity contribution in [3.63, 3.8) is 0 Å². The standard InChI is InChI=1S/C18H32N2O3S/c1-16(2,3)23-15(21)20-11-9-18(10-12-20,14-7-8-14)13-19-24(22)17(4,5)6/h13-14H,7-12H2,1-6H3/b19-13+. The predicted octanol–water partition coefficient (Wildman–Crippen LogP) is 3.95. The van der Waals surface area contributed by atoms with Crippen molar-refractivity contribution < 1.29 is 14.1 Å². The highest BCUT2D eigenvalue weighted by molar-refractivity contribution is 7.91. The van der Waals surface area contributed by atoms with E-state index in [9.17, 15) is 9.35 Å². The van der Waals surface area contributed by atoms with Crippen molar-refractivity contribution in [3.8, 4) is 0 Å². The maximum atomic E-state index is 12.3. The fourth-order valence-corrected chi connectivity index (χ4v) is 3.67. The van der Waals surface area contributed by atoms with Gasteiger partial charge in [0.25, 0.3) is 0 Å². The van der Waals surface area contributed by atoms with Crippen LogP contribution in [0.4, 0.5) is 4.79 Å². The van der Waals surface area contributed by atoms with E-state index in [2.05, 4.69) is 4.40 Å². The molecule has 2 fully saturated rings. The first-order chi connectivity index (χ1) is 10.9. The molecule has 138 valence electrons. The van der Waals surface area contributed by atoms with Gasteiger partial charge in [0.05, 0.1) is 6.21 Å². The van der Waals surface area contributed by atoms with E-state index in [1.807, 2.05) is 47.8 Å². The molecule has 2 rings (SSSR count). The number of likely N-dealkylation sites (tertiary alicyclic amines) is 1. The smallest absolute Gasteiger partial charge is 0.410 e. The Morgan fingerprint density at radius 1 is 1.21 bits per heavy atom. The third-order valence-electron chi connectivity index (χ3n) is 4.67. The number of amides is 1. The highest BCUT2D eigenvalue weighted by Crippen LogP contribution is 2.50. The number of carbonyl (C=O) groups excluding carboxylic acids is 1. The second kappa shape index (κ2) is 6.87. The zero-order valence-electron chi connectivity index (χ0n) is 15.9. The van der Waals surface area contributed by atoms with Crippen LogP contribution in [0.2, 0.25) is 0 Å². The molecular weight excluding hydrogens is 324 g/mol. The van der Waals surface area contributed by atoms with E-state index >= 15 is 0 Å². The van der Waals surface area contributed by atoms with Crippen LogP contribution in [0, 0.1) is 11.3 Å². The fourth-order valence-electron chi connectivity index (χ4n) is 3.04. The van der Waals surface area contributed by atoms with E-state index in [1.165, 1.54) is 12.8 Å². The molecule has 1 saturated heterocycles. The zero-order chi connectivity index (χ0) is 18.2. The van der Waals surface area contributed by atoms with Crippen molar-refractivity contribution in [2.75, 3.05) is 13.1 Å². The first-order valence-electron chi connectivity index (χ1n) is 8.88. The maximum Gasteiger partial charge on any atom is 0.410 e. The summed E-state index contributed by atoms with van der Waals surface area (Å²) in [4.78, 5) is 14.0. The molecule has 24 heavy (non-hydrogen) atoms. The number of nitrogens with zero attached hydrogens (tertiary/aromatic N) is 2. The van der Waals surface area contributed by atoms with Gasteiger partial charge in [0.1, 0.15) is 21.7 Å². The van der Waals surface area contributed by atoms with Gasteiger partial charge in [-0.25, -0.2) is 4.79 Å². The predicted molar refractivity (Wildman–Crippen MR) is 98.6 cm³/mol. The van der Waals surface area contributed by atoms with Gasteiger partial charge in [-0.3, -0.25) is 0 Å². The minimum atomic E-state index is -1.22. The van der Waals surface area contributed by atoms with Crippen molar-refractivity contribution in [2.24, 2.45) is 15.7 Å². The van der Waals surface area contributed by atoms with Crippen LogP contribution in [-0.2, 0) is 16.1 Å². The molecule has 0 aromatic carbocycles. The van der Waals surface area contributed by atoms with Gasteiger partial charge >= 0.3 is 6.09 Å². The maximum absolute atomic E-state index is 12.3. The molecular formula is C18H32N2O3S. The average molecular weight is 357 g/mol. The number of hydrogen-bond acceptors (Lipinski definition) is 4. The number of rotatable bonds is 3.